The summed E-state index contributed by atoms with van der Waals surface area (Å²) in [4.78, 5) is 0. The van der Waals surface area contributed by atoms with E-state index in [1.54, 1.807) is 6.08 Å². The Morgan fingerprint density at radius 1 is 0.828 bits per heavy atom. The number of allylic oxidation sites excluding steroid dienone is 1. The lowest BCUT2D eigenvalue weighted by atomic mass is 9.69. The van der Waals surface area contributed by atoms with Crippen molar-refractivity contribution in [3.63, 3.8) is 0 Å². The predicted molar refractivity (Wildman–Crippen MR) is 113 cm³/mol. The third kappa shape index (κ3) is 5.83. The van der Waals surface area contributed by atoms with Crippen molar-refractivity contribution in [2.75, 3.05) is 13.2 Å². The first-order chi connectivity index (χ1) is 14.1. The highest BCUT2D eigenvalue weighted by atomic mass is 19.2. The summed E-state index contributed by atoms with van der Waals surface area (Å²) in [7, 11) is 0. The molecule has 2 aliphatic rings. The Labute approximate surface area is 174 Å². The Morgan fingerprint density at radius 3 is 1.93 bits per heavy atom. The summed E-state index contributed by atoms with van der Waals surface area (Å²) in [6, 6.07) is 2.90. The lowest BCUT2D eigenvalue weighted by Gasteiger charge is -2.37. The van der Waals surface area contributed by atoms with Gasteiger partial charge in [-0.2, -0.15) is 8.78 Å². The standard InChI is InChI=1S/C25H34F2O2/c1-3-5-16-28-22-14-15-23(25(27)24(22)26)29-17-19-8-12-21(13-9-19)20-10-6-18(4-2)7-11-20/h3-4,14-15,18-21H,1-2,5-13,16-17H2/t18-,19-,20-,21-. The SMILES string of the molecule is C=CCCOc1ccc(OC[C@H]2CC[C@H]([C@H]3CC[C@H](C=C)CC3)CC2)c(F)c1F. The molecule has 0 aromatic heterocycles. The molecule has 0 N–H and O–H groups in total. The maximum Gasteiger partial charge on any atom is 0.204 e. The van der Waals surface area contributed by atoms with Crippen molar-refractivity contribution in [3.05, 3.63) is 49.1 Å². The molecule has 0 saturated heterocycles. The molecule has 0 bridgehead atoms. The highest BCUT2D eigenvalue weighted by molar-refractivity contribution is 5.35. The second-order valence-electron chi connectivity index (χ2n) is 8.62. The van der Waals surface area contributed by atoms with Gasteiger partial charge in [-0.05, 0) is 93.6 Å². The van der Waals surface area contributed by atoms with Crippen molar-refractivity contribution in [2.24, 2.45) is 23.7 Å². The second-order valence-corrected chi connectivity index (χ2v) is 8.62. The van der Waals surface area contributed by atoms with Gasteiger partial charge in [0.05, 0.1) is 13.2 Å². The van der Waals surface area contributed by atoms with Gasteiger partial charge in [-0.25, -0.2) is 0 Å². The third-order valence-corrected chi connectivity index (χ3v) is 6.77. The molecule has 2 nitrogen and oxygen atoms in total. The Balaban J connectivity index is 1.44. The molecule has 0 radical (unpaired) electrons. The van der Waals surface area contributed by atoms with Crippen molar-refractivity contribution in [1.29, 1.82) is 0 Å². The van der Waals surface area contributed by atoms with E-state index in [0.29, 0.717) is 24.9 Å². The van der Waals surface area contributed by atoms with Crippen molar-refractivity contribution in [2.45, 2.75) is 57.8 Å². The van der Waals surface area contributed by atoms with Gasteiger partial charge in [-0.1, -0.05) is 12.2 Å². The molecule has 4 heteroatoms. The van der Waals surface area contributed by atoms with Crippen LogP contribution in [0.3, 0.4) is 0 Å². The van der Waals surface area contributed by atoms with Crippen molar-refractivity contribution in [1.82, 2.24) is 0 Å². The van der Waals surface area contributed by atoms with E-state index >= 15 is 0 Å². The molecule has 29 heavy (non-hydrogen) atoms. The Bertz CT molecular complexity index is 672. The van der Waals surface area contributed by atoms with Crippen LogP contribution in [0, 0.1) is 35.3 Å². The largest absolute Gasteiger partial charge is 0.490 e. The van der Waals surface area contributed by atoms with Crippen LogP contribution in [-0.4, -0.2) is 13.2 Å². The molecule has 160 valence electrons. The van der Waals surface area contributed by atoms with Crippen LogP contribution in [0.15, 0.2) is 37.4 Å². The molecular weight excluding hydrogens is 370 g/mol. The van der Waals surface area contributed by atoms with Crippen LogP contribution in [0.2, 0.25) is 0 Å². The summed E-state index contributed by atoms with van der Waals surface area (Å²) in [5.74, 6) is 0.754. The van der Waals surface area contributed by atoms with Gasteiger partial charge in [0, 0.05) is 0 Å². The molecule has 1 aromatic carbocycles. The molecule has 2 fully saturated rings. The van der Waals surface area contributed by atoms with E-state index in [1.807, 2.05) is 0 Å². The number of rotatable bonds is 9. The maximum atomic E-state index is 14.3. The summed E-state index contributed by atoms with van der Waals surface area (Å²) in [5, 5.41) is 0. The summed E-state index contributed by atoms with van der Waals surface area (Å²) in [5.41, 5.74) is 0. The molecule has 0 unspecified atom stereocenters. The second kappa shape index (κ2) is 10.8. The van der Waals surface area contributed by atoms with Crippen LogP contribution >= 0.6 is 0 Å². The summed E-state index contributed by atoms with van der Waals surface area (Å²) in [6.45, 7) is 8.24. The minimum Gasteiger partial charge on any atom is -0.490 e. The minimum absolute atomic E-state index is 0.0246. The van der Waals surface area contributed by atoms with Gasteiger partial charge in [0.1, 0.15) is 0 Å². The van der Waals surface area contributed by atoms with E-state index in [2.05, 4.69) is 19.2 Å². The number of hydrogen-bond donors (Lipinski definition) is 0. The van der Waals surface area contributed by atoms with Crippen LogP contribution in [0.1, 0.15) is 57.8 Å². The van der Waals surface area contributed by atoms with E-state index in [9.17, 15) is 8.78 Å². The Kier molecular flexibility index (Phi) is 8.14. The molecule has 0 aliphatic heterocycles. The van der Waals surface area contributed by atoms with Gasteiger partial charge in [0.25, 0.3) is 0 Å². The van der Waals surface area contributed by atoms with E-state index in [1.165, 1.54) is 50.7 Å². The molecule has 0 heterocycles. The zero-order valence-corrected chi connectivity index (χ0v) is 17.4. The van der Waals surface area contributed by atoms with Crippen molar-refractivity contribution >= 4 is 0 Å². The zero-order valence-electron chi connectivity index (χ0n) is 17.4. The van der Waals surface area contributed by atoms with Gasteiger partial charge in [-0.3, -0.25) is 0 Å². The van der Waals surface area contributed by atoms with E-state index in [0.717, 1.165) is 24.7 Å². The lowest BCUT2D eigenvalue weighted by molar-refractivity contribution is 0.127. The van der Waals surface area contributed by atoms with Crippen LogP contribution in [0.4, 0.5) is 8.78 Å². The van der Waals surface area contributed by atoms with Gasteiger partial charge in [0.15, 0.2) is 11.5 Å². The predicted octanol–water partition coefficient (Wildman–Crippen LogP) is 7.10. The Morgan fingerprint density at radius 2 is 1.38 bits per heavy atom. The molecule has 3 rings (SSSR count). The zero-order chi connectivity index (χ0) is 20.6. The van der Waals surface area contributed by atoms with E-state index < -0.39 is 11.6 Å². The van der Waals surface area contributed by atoms with Gasteiger partial charge in [0.2, 0.25) is 11.6 Å². The smallest absolute Gasteiger partial charge is 0.204 e. The summed E-state index contributed by atoms with van der Waals surface area (Å²) in [6.07, 6.45) is 14.3. The lowest BCUT2D eigenvalue weighted by Crippen LogP contribution is -2.27. The molecule has 2 aliphatic carbocycles. The minimum atomic E-state index is -0.981. The molecule has 0 amide bonds. The maximum absolute atomic E-state index is 14.3. The average Bonchev–Trinajstić information content (AvgIpc) is 2.77. The van der Waals surface area contributed by atoms with Crippen molar-refractivity contribution in [3.8, 4) is 11.5 Å². The fourth-order valence-electron chi connectivity index (χ4n) is 4.88. The van der Waals surface area contributed by atoms with Gasteiger partial charge >= 0.3 is 0 Å². The van der Waals surface area contributed by atoms with Crippen LogP contribution in [-0.2, 0) is 0 Å². The third-order valence-electron chi connectivity index (χ3n) is 6.77. The first kappa shape index (κ1) is 21.9. The normalized spacial score (nSPS) is 27.2. The van der Waals surface area contributed by atoms with Crippen molar-refractivity contribution < 1.29 is 18.3 Å². The molecule has 2 saturated carbocycles. The summed E-state index contributed by atoms with van der Waals surface area (Å²) < 4.78 is 39.3. The van der Waals surface area contributed by atoms with Crippen LogP contribution in [0.5, 0.6) is 11.5 Å². The number of ether oxygens (including phenoxy) is 2. The highest BCUT2D eigenvalue weighted by Gasteiger charge is 2.30. The van der Waals surface area contributed by atoms with Crippen LogP contribution < -0.4 is 9.47 Å². The molecule has 0 atom stereocenters. The molecular formula is C25H34F2O2. The number of halogens is 2. The number of benzene rings is 1. The molecule has 1 aromatic rings. The monoisotopic (exact) mass is 404 g/mol. The van der Waals surface area contributed by atoms with E-state index in [4.69, 9.17) is 9.47 Å². The first-order valence-electron chi connectivity index (χ1n) is 11.1. The van der Waals surface area contributed by atoms with Crippen LogP contribution in [0.25, 0.3) is 0 Å². The average molecular weight is 405 g/mol. The first-order valence-corrected chi connectivity index (χ1v) is 11.1. The van der Waals surface area contributed by atoms with Gasteiger partial charge < -0.3 is 9.47 Å². The summed E-state index contributed by atoms with van der Waals surface area (Å²) >= 11 is 0. The Hall–Kier alpha value is -1.84. The highest BCUT2D eigenvalue weighted by Crippen LogP contribution is 2.41. The topological polar surface area (TPSA) is 18.5 Å². The quantitative estimate of drug-likeness (QED) is 0.323. The number of hydrogen-bond acceptors (Lipinski definition) is 2. The fourth-order valence-corrected chi connectivity index (χ4v) is 4.88. The molecule has 0 spiro atoms. The fraction of sp³-hybridized carbons (Fsp3) is 0.600. The van der Waals surface area contributed by atoms with Gasteiger partial charge in [-0.15, -0.1) is 13.2 Å². The van der Waals surface area contributed by atoms with E-state index in [-0.39, 0.29) is 18.1 Å².